The average Bonchev–Trinajstić information content (AvgIpc) is 3.25. The molecule has 0 aliphatic carbocycles. The van der Waals surface area contributed by atoms with E-state index >= 15 is 0 Å². The number of unbranched alkanes of at least 4 members (excludes halogenated alkanes) is 1. The van der Waals surface area contributed by atoms with Gasteiger partial charge < -0.3 is 4.57 Å². The molecular formula is C28H24BrN5O3. The topological polar surface area (TPSA) is 95.3 Å². The number of benzene rings is 3. The van der Waals surface area contributed by atoms with Crippen molar-refractivity contribution in [3.63, 3.8) is 0 Å². The van der Waals surface area contributed by atoms with Crippen LogP contribution >= 0.6 is 15.9 Å². The Morgan fingerprint density at radius 1 is 1.08 bits per heavy atom. The fourth-order valence-electron chi connectivity index (χ4n) is 4.36. The molecule has 186 valence electrons. The zero-order valence-electron chi connectivity index (χ0n) is 20.2. The standard InChI is InChI=1S/C28H24BrN5O3/c1-2-3-8-27-31-25-14-11-21(29)15-24(25)28(35)33(27)30-16-20-18-32(26-7-5-4-6-23(20)26)17-19-9-12-22(13-10-19)34(36)37/h4-7,9-16,18H,2-3,8,17H2,1H3. The fraction of sp³-hybridized carbons (Fsp3) is 0.179. The van der Waals surface area contributed by atoms with Gasteiger partial charge in [0.15, 0.2) is 0 Å². The first-order chi connectivity index (χ1) is 17.9. The van der Waals surface area contributed by atoms with Gasteiger partial charge in [-0.25, -0.2) is 4.98 Å². The number of nitro groups is 1. The lowest BCUT2D eigenvalue weighted by molar-refractivity contribution is -0.384. The van der Waals surface area contributed by atoms with Crippen molar-refractivity contribution < 1.29 is 4.92 Å². The highest BCUT2D eigenvalue weighted by atomic mass is 79.9. The molecule has 0 N–H and O–H groups in total. The highest BCUT2D eigenvalue weighted by Gasteiger charge is 2.13. The lowest BCUT2D eigenvalue weighted by Crippen LogP contribution is -2.22. The van der Waals surface area contributed by atoms with E-state index in [0.29, 0.717) is 29.7 Å². The van der Waals surface area contributed by atoms with Gasteiger partial charge in [0.2, 0.25) is 0 Å². The third-order valence-corrected chi connectivity index (χ3v) is 6.75. The smallest absolute Gasteiger partial charge is 0.282 e. The third kappa shape index (κ3) is 5.08. The van der Waals surface area contributed by atoms with Crippen LogP contribution in [0, 0.1) is 10.1 Å². The van der Waals surface area contributed by atoms with Crippen LogP contribution in [0.5, 0.6) is 0 Å². The van der Waals surface area contributed by atoms with Crippen LogP contribution in [-0.2, 0) is 13.0 Å². The Kier molecular flexibility index (Phi) is 6.96. The summed E-state index contributed by atoms with van der Waals surface area (Å²) in [5.74, 6) is 0.632. The van der Waals surface area contributed by atoms with Crippen molar-refractivity contribution >= 4 is 49.6 Å². The van der Waals surface area contributed by atoms with Gasteiger partial charge in [-0.1, -0.05) is 59.6 Å². The van der Waals surface area contributed by atoms with Crippen LogP contribution in [0.25, 0.3) is 21.8 Å². The van der Waals surface area contributed by atoms with Crippen LogP contribution in [0.1, 0.15) is 36.7 Å². The van der Waals surface area contributed by atoms with Gasteiger partial charge in [0, 0.05) is 52.2 Å². The van der Waals surface area contributed by atoms with Crippen molar-refractivity contribution in [3.05, 3.63) is 115 Å². The first kappa shape index (κ1) is 24.6. The number of fused-ring (bicyclic) bond motifs is 2. The van der Waals surface area contributed by atoms with Crippen molar-refractivity contribution in [2.75, 3.05) is 0 Å². The second-order valence-corrected chi connectivity index (χ2v) is 9.72. The molecule has 0 aliphatic rings. The van der Waals surface area contributed by atoms with Crippen LogP contribution < -0.4 is 5.56 Å². The van der Waals surface area contributed by atoms with Gasteiger partial charge in [-0.3, -0.25) is 14.9 Å². The molecule has 37 heavy (non-hydrogen) atoms. The monoisotopic (exact) mass is 557 g/mol. The number of para-hydroxylation sites is 1. The molecule has 8 nitrogen and oxygen atoms in total. The van der Waals surface area contributed by atoms with Crippen LogP contribution in [0.2, 0.25) is 0 Å². The first-order valence-corrected chi connectivity index (χ1v) is 12.8. The largest absolute Gasteiger partial charge is 0.342 e. The van der Waals surface area contributed by atoms with E-state index in [9.17, 15) is 14.9 Å². The average molecular weight is 558 g/mol. The number of rotatable bonds is 8. The number of aromatic nitrogens is 3. The van der Waals surface area contributed by atoms with E-state index in [0.717, 1.165) is 39.3 Å². The van der Waals surface area contributed by atoms with E-state index < -0.39 is 4.92 Å². The molecular weight excluding hydrogens is 534 g/mol. The Balaban J connectivity index is 1.56. The quantitative estimate of drug-likeness (QED) is 0.127. The molecule has 5 rings (SSSR count). The van der Waals surface area contributed by atoms with Crippen LogP contribution in [-0.4, -0.2) is 25.4 Å². The number of aryl methyl sites for hydroxylation is 1. The van der Waals surface area contributed by atoms with Crippen molar-refractivity contribution in [1.82, 2.24) is 14.2 Å². The van der Waals surface area contributed by atoms with Crippen molar-refractivity contribution in [2.24, 2.45) is 5.10 Å². The fourth-order valence-corrected chi connectivity index (χ4v) is 4.72. The van der Waals surface area contributed by atoms with E-state index in [4.69, 9.17) is 4.98 Å². The van der Waals surface area contributed by atoms with E-state index in [1.54, 1.807) is 24.4 Å². The second-order valence-electron chi connectivity index (χ2n) is 8.81. The Labute approximate surface area is 221 Å². The molecule has 3 aromatic carbocycles. The maximum atomic E-state index is 13.4. The summed E-state index contributed by atoms with van der Waals surface area (Å²) in [5, 5.41) is 17.1. The maximum absolute atomic E-state index is 13.4. The molecule has 0 saturated carbocycles. The minimum atomic E-state index is -0.402. The molecule has 0 radical (unpaired) electrons. The van der Waals surface area contributed by atoms with Crippen LogP contribution in [0.4, 0.5) is 5.69 Å². The molecule has 2 aromatic heterocycles. The molecule has 0 aliphatic heterocycles. The molecule has 9 heteroatoms. The van der Waals surface area contributed by atoms with Crippen LogP contribution in [0.15, 0.2) is 87.3 Å². The molecule has 0 atom stereocenters. The summed E-state index contributed by atoms with van der Waals surface area (Å²) < 4.78 is 4.30. The lowest BCUT2D eigenvalue weighted by Gasteiger charge is -2.09. The van der Waals surface area contributed by atoms with Crippen molar-refractivity contribution in [2.45, 2.75) is 32.7 Å². The summed E-state index contributed by atoms with van der Waals surface area (Å²) in [6.07, 6.45) is 6.22. The molecule has 0 amide bonds. The number of hydrogen-bond donors (Lipinski definition) is 0. The Hall–Kier alpha value is -4.11. The Bertz CT molecular complexity index is 1700. The molecule has 0 saturated heterocycles. The first-order valence-electron chi connectivity index (χ1n) is 12.0. The molecule has 0 spiro atoms. The zero-order chi connectivity index (χ0) is 25.9. The highest BCUT2D eigenvalue weighted by molar-refractivity contribution is 9.10. The molecule has 0 unspecified atom stereocenters. The van der Waals surface area contributed by atoms with Crippen molar-refractivity contribution in [3.8, 4) is 0 Å². The second kappa shape index (κ2) is 10.5. The van der Waals surface area contributed by atoms with E-state index in [2.05, 4.69) is 32.5 Å². The molecule has 2 heterocycles. The normalized spacial score (nSPS) is 11.6. The number of nitro benzene ring substituents is 1. The van der Waals surface area contributed by atoms with Gasteiger partial charge in [0.1, 0.15) is 5.82 Å². The summed E-state index contributed by atoms with van der Waals surface area (Å²) >= 11 is 3.44. The van der Waals surface area contributed by atoms with Gasteiger partial charge in [-0.05, 0) is 36.2 Å². The van der Waals surface area contributed by atoms with E-state index in [1.807, 2.05) is 42.6 Å². The van der Waals surface area contributed by atoms with Crippen LogP contribution in [0.3, 0.4) is 0 Å². The lowest BCUT2D eigenvalue weighted by atomic mass is 10.2. The predicted octanol–water partition coefficient (Wildman–Crippen LogP) is 6.30. The van der Waals surface area contributed by atoms with Gasteiger partial charge in [-0.2, -0.15) is 9.78 Å². The Morgan fingerprint density at radius 2 is 1.86 bits per heavy atom. The van der Waals surface area contributed by atoms with Gasteiger partial charge >= 0.3 is 0 Å². The predicted molar refractivity (Wildman–Crippen MR) is 149 cm³/mol. The minimum absolute atomic E-state index is 0.0641. The number of halogens is 1. The van der Waals surface area contributed by atoms with E-state index in [-0.39, 0.29) is 11.2 Å². The number of nitrogens with zero attached hydrogens (tertiary/aromatic N) is 5. The summed E-state index contributed by atoms with van der Waals surface area (Å²) in [7, 11) is 0. The van der Waals surface area contributed by atoms with Gasteiger partial charge in [0.05, 0.1) is 22.0 Å². The zero-order valence-corrected chi connectivity index (χ0v) is 21.8. The summed E-state index contributed by atoms with van der Waals surface area (Å²) in [6, 6.07) is 20.0. The summed E-state index contributed by atoms with van der Waals surface area (Å²) in [4.78, 5) is 28.7. The number of hydrogen-bond acceptors (Lipinski definition) is 5. The van der Waals surface area contributed by atoms with Gasteiger partial charge in [-0.15, -0.1) is 0 Å². The SMILES string of the molecule is CCCCc1nc2ccc(Br)cc2c(=O)n1N=Cc1cn(Cc2ccc([N+](=O)[O-])cc2)c2ccccc12. The van der Waals surface area contributed by atoms with E-state index in [1.165, 1.54) is 16.8 Å². The third-order valence-electron chi connectivity index (χ3n) is 6.26. The maximum Gasteiger partial charge on any atom is 0.282 e. The molecule has 5 aromatic rings. The Morgan fingerprint density at radius 3 is 2.62 bits per heavy atom. The number of non-ortho nitro benzene ring substituents is 1. The summed E-state index contributed by atoms with van der Waals surface area (Å²) in [6.45, 7) is 2.64. The minimum Gasteiger partial charge on any atom is -0.342 e. The van der Waals surface area contributed by atoms with Crippen molar-refractivity contribution in [1.29, 1.82) is 0 Å². The highest BCUT2D eigenvalue weighted by Crippen LogP contribution is 2.23. The van der Waals surface area contributed by atoms with Gasteiger partial charge in [0.25, 0.3) is 11.2 Å². The molecule has 0 fully saturated rings. The molecule has 0 bridgehead atoms. The summed E-state index contributed by atoms with van der Waals surface area (Å²) in [5.41, 5.74) is 3.32.